The lowest BCUT2D eigenvalue weighted by atomic mass is 10.1. The Labute approximate surface area is 128 Å². The highest BCUT2D eigenvalue weighted by molar-refractivity contribution is 7.15. The van der Waals surface area contributed by atoms with E-state index < -0.39 is 5.97 Å². The predicted octanol–water partition coefficient (Wildman–Crippen LogP) is 2.45. The van der Waals surface area contributed by atoms with Gasteiger partial charge in [-0.05, 0) is 19.8 Å². The van der Waals surface area contributed by atoms with Crippen molar-refractivity contribution in [1.29, 1.82) is 0 Å². The number of amides is 2. The molecule has 2 amide bonds. The Kier molecular flexibility index (Phi) is 6.54. The summed E-state index contributed by atoms with van der Waals surface area (Å²) in [7, 11) is 0. The smallest absolute Gasteiger partial charge is 0.323 e. The number of nitrogens with zero attached hydrogens (tertiary/aromatic N) is 3. The molecule has 1 heterocycles. The zero-order chi connectivity index (χ0) is 16.0. The van der Waals surface area contributed by atoms with Crippen LogP contribution in [-0.2, 0) is 11.2 Å². The van der Waals surface area contributed by atoms with E-state index in [2.05, 4.69) is 29.4 Å². The average molecular weight is 314 g/mol. The quantitative estimate of drug-likeness (QED) is 0.806. The van der Waals surface area contributed by atoms with Gasteiger partial charge >= 0.3 is 12.0 Å². The number of urea groups is 1. The molecule has 2 N–H and O–H groups in total. The van der Waals surface area contributed by atoms with Crippen molar-refractivity contribution in [1.82, 2.24) is 15.1 Å². The van der Waals surface area contributed by atoms with E-state index in [4.69, 9.17) is 5.11 Å². The van der Waals surface area contributed by atoms with E-state index in [9.17, 15) is 9.59 Å². The summed E-state index contributed by atoms with van der Waals surface area (Å²) in [6.07, 6.45) is 0.733. The number of carbonyl (C=O) groups is 2. The highest BCUT2D eigenvalue weighted by atomic mass is 32.1. The fraction of sp³-hybridized carbons (Fsp3) is 0.692. The third kappa shape index (κ3) is 5.66. The molecule has 1 aromatic heterocycles. The summed E-state index contributed by atoms with van der Waals surface area (Å²) in [6, 6.07) is -0.728. The van der Waals surface area contributed by atoms with E-state index in [-0.39, 0.29) is 18.5 Å². The molecular formula is C13H22N4O3S. The lowest BCUT2D eigenvalue weighted by molar-refractivity contribution is -0.137. The molecule has 7 nitrogen and oxygen atoms in total. The second kappa shape index (κ2) is 7.92. The number of aromatic nitrogens is 2. The molecule has 0 aromatic carbocycles. The Hall–Kier alpha value is -1.70. The number of carboxylic acids is 1. The normalized spacial score (nSPS) is 12.2. The van der Waals surface area contributed by atoms with Gasteiger partial charge < -0.3 is 10.0 Å². The third-order valence-corrected chi connectivity index (χ3v) is 3.73. The first-order valence-electron chi connectivity index (χ1n) is 6.95. The molecule has 118 valence electrons. The van der Waals surface area contributed by atoms with Gasteiger partial charge in [0, 0.05) is 19.0 Å². The summed E-state index contributed by atoms with van der Waals surface area (Å²) in [5.41, 5.74) is 0. The van der Waals surface area contributed by atoms with Crippen LogP contribution in [-0.4, -0.2) is 44.8 Å². The van der Waals surface area contributed by atoms with Crippen molar-refractivity contribution in [2.24, 2.45) is 5.92 Å². The first kappa shape index (κ1) is 17.4. The van der Waals surface area contributed by atoms with Gasteiger partial charge in [0.1, 0.15) is 5.01 Å². The molecule has 0 aliphatic carbocycles. The van der Waals surface area contributed by atoms with Crippen molar-refractivity contribution in [3.05, 3.63) is 5.01 Å². The Morgan fingerprint density at radius 3 is 2.52 bits per heavy atom. The third-order valence-electron chi connectivity index (χ3n) is 2.87. The largest absolute Gasteiger partial charge is 0.481 e. The van der Waals surface area contributed by atoms with Gasteiger partial charge in [0.05, 0.1) is 6.42 Å². The number of hydrogen-bond donors (Lipinski definition) is 2. The van der Waals surface area contributed by atoms with E-state index in [0.29, 0.717) is 17.6 Å². The molecule has 0 saturated carbocycles. The van der Waals surface area contributed by atoms with Crippen molar-refractivity contribution in [3.8, 4) is 0 Å². The Balaban J connectivity index is 2.65. The summed E-state index contributed by atoms with van der Waals surface area (Å²) in [6.45, 7) is 8.12. The molecule has 8 heteroatoms. The van der Waals surface area contributed by atoms with Crippen LogP contribution in [0.3, 0.4) is 0 Å². The minimum Gasteiger partial charge on any atom is -0.481 e. The summed E-state index contributed by atoms with van der Waals surface area (Å²) >= 11 is 1.35. The highest BCUT2D eigenvalue weighted by Crippen LogP contribution is 2.19. The van der Waals surface area contributed by atoms with Gasteiger partial charge in [0.15, 0.2) is 0 Å². The fourth-order valence-corrected chi connectivity index (χ4v) is 2.86. The number of hydrogen-bond acceptors (Lipinski definition) is 5. The van der Waals surface area contributed by atoms with Crippen LogP contribution in [0.4, 0.5) is 9.93 Å². The minimum absolute atomic E-state index is 0.0873. The van der Waals surface area contributed by atoms with Crippen molar-refractivity contribution in [3.63, 3.8) is 0 Å². The number of nitrogens with one attached hydrogen (secondary N) is 1. The highest BCUT2D eigenvalue weighted by Gasteiger charge is 2.21. The predicted molar refractivity (Wildman–Crippen MR) is 81.6 cm³/mol. The molecular weight excluding hydrogens is 292 g/mol. The molecule has 0 bridgehead atoms. The Morgan fingerprint density at radius 1 is 1.33 bits per heavy atom. The zero-order valence-electron chi connectivity index (χ0n) is 12.8. The van der Waals surface area contributed by atoms with Crippen LogP contribution < -0.4 is 5.32 Å². The number of anilines is 1. The maximum absolute atomic E-state index is 12.2. The summed E-state index contributed by atoms with van der Waals surface area (Å²) in [5.74, 6) is -0.451. The molecule has 0 aliphatic rings. The van der Waals surface area contributed by atoms with Gasteiger partial charge in [-0.15, -0.1) is 10.2 Å². The summed E-state index contributed by atoms with van der Waals surface area (Å²) in [5, 5.41) is 20.8. The van der Waals surface area contributed by atoms with E-state index >= 15 is 0 Å². The van der Waals surface area contributed by atoms with Crippen molar-refractivity contribution in [2.75, 3.05) is 11.9 Å². The fourth-order valence-electron chi connectivity index (χ4n) is 1.92. The van der Waals surface area contributed by atoms with Gasteiger partial charge in [-0.2, -0.15) is 0 Å². The molecule has 0 spiro atoms. The second-order valence-corrected chi connectivity index (χ2v) is 6.32. The molecule has 1 atom stereocenters. The van der Waals surface area contributed by atoms with E-state index in [1.807, 2.05) is 6.92 Å². The number of aliphatic carboxylic acids is 1. The van der Waals surface area contributed by atoms with Crippen LogP contribution >= 0.6 is 11.3 Å². The Bertz CT molecular complexity index is 490. The van der Waals surface area contributed by atoms with Gasteiger partial charge in [0.25, 0.3) is 0 Å². The van der Waals surface area contributed by atoms with Crippen LogP contribution in [0.1, 0.15) is 39.1 Å². The molecule has 1 aromatic rings. The second-order valence-electron chi connectivity index (χ2n) is 5.26. The van der Waals surface area contributed by atoms with Gasteiger partial charge in [0.2, 0.25) is 5.13 Å². The lowest BCUT2D eigenvalue weighted by Gasteiger charge is -2.26. The van der Waals surface area contributed by atoms with E-state index in [1.54, 1.807) is 6.92 Å². The Morgan fingerprint density at radius 2 is 2.00 bits per heavy atom. The summed E-state index contributed by atoms with van der Waals surface area (Å²) < 4.78 is 0. The van der Waals surface area contributed by atoms with Crippen LogP contribution in [0.25, 0.3) is 0 Å². The SMILES string of the molecule is CCN(C(=O)Nc1nnc(CC(C)C)s1)C(C)CC(=O)O. The van der Waals surface area contributed by atoms with Crippen LogP contribution in [0.15, 0.2) is 0 Å². The number of rotatable bonds is 7. The first-order valence-corrected chi connectivity index (χ1v) is 7.76. The monoisotopic (exact) mass is 314 g/mol. The molecule has 0 aliphatic heterocycles. The van der Waals surface area contributed by atoms with Crippen molar-refractivity contribution in [2.45, 2.75) is 46.6 Å². The maximum atomic E-state index is 12.2. The van der Waals surface area contributed by atoms with Crippen LogP contribution in [0.2, 0.25) is 0 Å². The van der Waals surface area contributed by atoms with E-state index in [0.717, 1.165) is 11.4 Å². The van der Waals surface area contributed by atoms with Gasteiger partial charge in [-0.25, -0.2) is 4.79 Å². The molecule has 1 rings (SSSR count). The molecule has 1 unspecified atom stereocenters. The van der Waals surface area contributed by atoms with Gasteiger partial charge in [-0.1, -0.05) is 25.2 Å². The zero-order valence-corrected chi connectivity index (χ0v) is 13.6. The number of carbonyl (C=O) groups excluding carboxylic acids is 1. The van der Waals surface area contributed by atoms with Crippen LogP contribution in [0, 0.1) is 5.92 Å². The van der Waals surface area contributed by atoms with Crippen molar-refractivity contribution < 1.29 is 14.7 Å². The molecule has 0 radical (unpaired) electrons. The maximum Gasteiger partial charge on any atom is 0.323 e. The lowest BCUT2D eigenvalue weighted by Crippen LogP contribution is -2.42. The molecule has 0 saturated heterocycles. The number of carboxylic acid groups (broad SMARTS) is 1. The van der Waals surface area contributed by atoms with Crippen molar-refractivity contribution >= 4 is 28.5 Å². The van der Waals surface area contributed by atoms with E-state index in [1.165, 1.54) is 16.2 Å². The topological polar surface area (TPSA) is 95.4 Å². The van der Waals surface area contributed by atoms with Crippen LogP contribution in [0.5, 0.6) is 0 Å². The standard InChI is InChI=1S/C13H22N4O3S/c1-5-17(9(4)7-11(18)19)13(20)14-12-16-15-10(21-12)6-8(2)3/h8-9H,5-7H2,1-4H3,(H,18,19)(H,14,16,20). The molecule has 21 heavy (non-hydrogen) atoms. The summed E-state index contributed by atoms with van der Waals surface area (Å²) in [4.78, 5) is 24.4. The first-order chi connectivity index (χ1) is 9.83. The van der Waals surface area contributed by atoms with Gasteiger partial charge in [-0.3, -0.25) is 10.1 Å². The minimum atomic E-state index is -0.927. The average Bonchev–Trinajstić information content (AvgIpc) is 2.75. The molecule has 0 fully saturated rings.